The van der Waals surface area contributed by atoms with Gasteiger partial charge in [0.25, 0.3) is 20.2 Å². The minimum Gasteiger partial charge on any atom is -0.399 e. The summed E-state index contributed by atoms with van der Waals surface area (Å²) in [5, 5.41) is 0. The summed E-state index contributed by atoms with van der Waals surface area (Å²) in [5.41, 5.74) is 9.69. The zero-order chi connectivity index (χ0) is 22.5. The second kappa shape index (κ2) is 10.3. The third kappa shape index (κ3) is 8.38. The van der Waals surface area contributed by atoms with E-state index in [4.69, 9.17) is 14.8 Å². The van der Waals surface area contributed by atoms with E-state index in [1.165, 1.54) is 70.5 Å². The molecular formula is C19H33N3O6S2. The lowest BCUT2D eigenvalue weighted by Crippen LogP contribution is -2.57. The van der Waals surface area contributed by atoms with Gasteiger partial charge in [0, 0.05) is 43.6 Å². The second-order valence-corrected chi connectivity index (χ2v) is 11.4. The summed E-state index contributed by atoms with van der Waals surface area (Å²) >= 11 is 0. The Morgan fingerprint density at radius 1 is 1.03 bits per heavy atom. The summed E-state index contributed by atoms with van der Waals surface area (Å²) < 4.78 is 53.8. The third-order valence-corrected chi connectivity index (χ3v) is 6.89. The van der Waals surface area contributed by atoms with Crippen molar-refractivity contribution in [3.05, 3.63) is 23.8 Å². The van der Waals surface area contributed by atoms with Crippen LogP contribution in [0.5, 0.6) is 0 Å². The predicted molar refractivity (Wildman–Crippen MR) is 119 cm³/mol. The number of nitrogen functional groups attached to an aromatic ring is 1. The predicted octanol–water partition coefficient (Wildman–Crippen LogP) is 1.51. The average molecular weight is 464 g/mol. The molecule has 172 valence electrons. The Morgan fingerprint density at radius 2 is 1.60 bits per heavy atom. The lowest BCUT2D eigenvalue weighted by molar-refractivity contribution is 0.162. The summed E-state index contributed by atoms with van der Waals surface area (Å²) in [6.45, 7) is 7.67. The number of hydrogen-bond donors (Lipinski definition) is 3. The molecule has 2 heterocycles. The Morgan fingerprint density at radius 3 is 2.10 bits per heavy atom. The van der Waals surface area contributed by atoms with Crippen molar-refractivity contribution in [2.24, 2.45) is 5.92 Å². The molecule has 30 heavy (non-hydrogen) atoms. The van der Waals surface area contributed by atoms with Crippen LogP contribution in [0.2, 0.25) is 0 Å². The van der Waals surface area contributed by atoms with Gasteiger partial charge in [0.2, 0.25) is 0 Å². The number of fused-ring (bicyclic) bond motifs is 4. The Kier molecular flexibility index (Phi) is 8.51. The van der Waals surface area contributed by atoms with Gasteiger partial charge in [0.15, 0.2) is 0 Å². The molecule has 0 radical (unpaired) electrons. The monoisotopic (exact) mass is 463 g/mol. The van der Waals surface area contributed by atoms with Crippen molar-refractivity contribution in [1.82, 2.24) is 4.90 Å². The number of nitrogens with two attached hydrogens (primary N) is 1. The first-order chi connectivity index (χ1) is 13.9. The van der Waals surface area contributed by atoms with E-state index < -0.39 is 20.2 Å². The van der Waals surface area contributed by atoms with Crippen molar-refractivity contribution in [3.63, 3.8) is 0 Å². The Labute approximate surface area is 179 Å². The lowest BCUT2D eigenvalue weighted by Gasteiger charge is -2.47. The van der Waals surface area contributed by atoms with Crippen molar-refractivity contribution < 1.29 is 25.9 Å². The van der Waals surface area contributed by atoms with Gasteiger partial charge < -0.3 is 10.6 Å². The van der Waals surface area contributed by atoms with E-state index in [9.17, 15) is 16.8 Å². The zero-order valence-corrected chi connectivity index (χ0v) is 19.2. The van der Waals surface area contributed by atoms with Gasteiger partial charge in [0.05, 0.1) is 11.5 Å². The van der Waals surface area contributed by atoms with Crippen LogP contribution in [0.15, 0.2) is 18.2 Å². The maximum absolute atomic E-state index is 9.56. The first-order valence-electron chi connectivity index (χ1n) is 10.2. The van der Waals surface area contributed by atoms with E-state index in [0.717, 1.165) is 17.6 Å². The maximum atomic E-state index is 9.56. The molecule has 1 aromatic rings. The highest BCUT2D eigenvalue weighted by Gasteiger charge is 2.35. The molecule has 2 fully saturated rings. The molecule has 1 atom stereocenters. The Hall–Kier alpha value is -1.40. The highest BCUT2D eigenvalue weighted by molar-refractivity contribution is 7.85. The van der Waals surface area contributed by atoms with Gasteiger partial charge in [-0.15, -0.1) is 0 Å². The van der Waals surface area contributed by atoms with Crippen molar-refractivity contribution in [2.45, 2.75) is 39.2 Å². The van der Waals surface area contributed by atoms with Crippen LogP contribution in [0.25, 0.3) is 0 Å². The molecule has 1 unspecified atom stereocenters. The van der Waals surface area contributed by atoms with Gasteiger partial charge in [-0.3, -0.25) is 14.0 Å². The molecule has 0 spiro atoms. The summed E-state index contributed by atoms with van der Waals surface area (Å²) in [6.07, 6.45) is 4.12. The molecule has 1 saturated carbocycles. The quantitative estimate of drug-likeness (QED) is 0.447. The van der Waals surface area contributed by atoms with E-state index in [-0.39, 0.29) is 11.5 Å². The second-order valence-electron chi connectivity index (χ2n) is 7.87. The van der Waals surface area contributed by atoms with E-state index in [1.54, 1.807) is 0 Å². The summed E-state index contributed by atoms with van der Waals surface area (Å²) in [4.78, 5) is 5.26. The van der Waals surface area contributed by atoms with E-state index in [0.29, 0.717) is 0 Å². The first kappa shape index (κ1) is 24.9. The van der Waals surface area contributed by atoms with Crippen LogP contribution in [0.1, 0.15) is 32.3 Å². The fraction of sp³-hybridized carbons (Fsp3) is 0.684. The maximum Gasteiger partial charge on any atom is 0.264 e. The molecule has 0 aromatic heterocycles. The minimum absolute atomic E-state index is 0.201. The number of rotatable bonds is 4. The van der Waals surface area contributed by atoms with Crippen LogP contribution < -0.4 is 10.6 Å². The summed E-state index contributed by atoms with van der Waals surface area (Å²) in [6, 6.07) is 7.16. The molecule has 1 aliphatic carbocycles. The fourth-order valence-corrected chi connectivity index (χ4v) is 3.48. The van der Waals surface area contributed by atoms with Gasteiger partial charge in [0.1, 0.15) is 0 Å². The van der Waals surface area contributed by atoms with Gasteiger partial charge in [-0.05, 0) is 56.7 Å². The van der Waals surface area contributed by atoms with Crippen molar-refractivity contribution in [3.8, 4) is 0 Å². The molecule has 11 heteroatoms. The molecule has 0 amide bonds. The lowest BCUT2D eigenvalue weighted by atomic mass is 9.94. The third-order valence-electron chi connectivity index (χ3n) is 5.43. The summed E-state index contributed by atoms with van der Waals surface area (Å²) in [7, 11) is -7.32. The van der Waals surface area contributed by atoms with Gasteiger partial charge in [-0.25, -0.2) is 0 Å². The smallest absolute Gasteiger partial charge is 0.264 e. The SMILES string of the molecule is CCS(=O)(=O)O.CCS(=O)(=O)O.Nc1ccc2c(c1)N1CCN(CC3CC3)C(C2)C1. The zero-order valence-electron chi connectivity index (χ0n) is 17.6. The number of piperazine rings is 1. The fourth-order valence-electron chi connectivity index (χ4n) is 3.48. The molecule has 9 nitrogen and oxygen atoms in total. The standard InChI is InChI=1S/C15H21N3.2C2H6O3S/c16-13-4-3-12-7-14-10-18(15(12)8-13)6-5-17(14)9-11-1-2-11;2*1-2-6(3,4)5/h3-4,8,11,14H,1-2,5-7,9-10,16H2;2*2H2,1H3,(H,3,4,5). The molecule has 1 aromatic carbocycles. The average Bonchev–Trinajstić information content (AvgIpc) is 3.48. The molecule has 2 bridgehead atoms. The van der Waals surface area contributed by atoms with Gasteiger partial charge in [-0.2, -0.15) is 16.8 Å². The molecule has 3 aliphatic rings. The number of hydrogen-bond acceptors (Lipinski definition) is 7. The molecular weight excluding hydrogens is 430 g/mol. The van der Waals surface area contributed by atoms with Gasteiger partial charge in [-0.1, -0.05) is 6.07 Å². The Balaban J connectivity index is 0.000000224. The number of nitrogens with zero attached hydrogens (tertiary/aromatic N) is 2. The van der Waals surface area contributed by atoms with Crippen LogP contribution in [0.3, 0.4) is 0 Å². The van der Waals surface area contributed by atoms with Crippen LogP contribution in [-0.2, 0) is 26.7 Å². The molecule has 4 rings (SSSR count). The van der Waals surface area contributed by atoms with E-state index in [2.05, 4.69) is 21.9 Å². The van der Waals surface area contributed by atoms with Crippen LogP contribution in [-0.4, -0.2) is 74.6 Å². The van der Waals surface area contributed by atoms with Crippen molar-refractivity contribution >= 4 is 31.6 Å². The van der Waals surface area contributed by atoms with Gasteiger partial charge >= 0.3 is 0 Å². The van der Waals surface area contributed by atoms with Crippen LogP contribution in [0.4, 0.5) is 11.4 Å². The topological polar surface area (TPSA) is 141 Å². The van der Waals surface area contributed by atoms with Crippen molar-refractivity contribution in [2.75, 3.05) is 48.3 Å². The normalized spacial score (nSPS) is 20.9. The van der Waals surface area contributed by atoms with Crippen LogP contribution in [0, 0.1) is 5.92 Å². The first-order valence-corrected chi connectivity index (χ1v) is 13.4. The van der Waals surface area contributed by atoms with E-state index >= 15 is 0 Å². The largest absolute Gasteiger partial charge is 0.399 e. The number of anilines is 2. The molecule has 1 saturated heterocycles. The van der Waals surface area contributed by atoms with Crippen LogP contribution >= 0.6 is 0 Å². The van der Waals surface area contributed by atoms with E-state index in [1.807, 2.05) is 6.07 Å². The highest BCUT2D eigenvalue weighted by Crippen LogP contribution is 2.36. The Bertz CT molecular complexity index is 884. The number of benzene rings is 1. The molecule has 2 aliphatic heterocycles. The molecule has 4 N–H and O–H groups in total. The minimum atomic E-state index is -3.66. The van der Waals surface area contributed by atoms with Crippen molar-refractivity contribution in [1.29, 1.82) is 0 Å². The highest BCUT2D eigenvalue weighted by atomic mass is 32.2. The summed E-state index contributed by atoms with van der Waals surface area (Å²) in [5.74, 6) is 0.601.